The molecule has 2 heteroatoms. The van der Waals surface area contributed by atoms with E-state index >= 15 is 0 Å². The van der Waals surface area contributed by atoms with E-state index in [9.17, 15) is 4.39 Å². The van der Waals surface area contributed by atoms with Crippen molar-refractivity contribution < 1.29 is 4.39 Å². The Morgan fingerprint density at radius 2 is 1.76 bits per heavy atom. The first-order valence-corrected chi connectivity index (χ1v) is 6.57. The normalized spacial score (nSPS) is 29.1. The third-order valence-corrected chi connectivity index (χ3v) is 3.74. The fraction of sp³-hybridized carbons (Fsp3) is 0.600. The van der Waals surface area contributed by atoms with Gasteiger partial charge in [-0.15, -0.1) is 0 Å². The van der Waals surface area contributed by atoms with Gasteiger partial charge in [-0.2, -0.15) is 0 Å². The predicted molar refractivity (Wildman–Crippen MR) is 70.7 cm³/mol. The molecule has 0 radical (unpaired) electrons. The van der Waals surface area contributed by atoms with Crippen LogP contribution in [0.3, 0.4) is 0 Å². The van der Waals surface area contributed by atoms with Gasteiger partial charge in [-0.05, 0) is 55.7 Å². The molecule has 0 spiro atoms. The van der Waals surface area contributed by atoms with Crippen molar-refractivity contribution in [1.29, 1.82) is 0 Å². The zero-order valence-corrected chi connectivity index (χ0v) is 11.0. The summed E-state index contributed by atoms with van der Waals surface area (Å²) in [6.45, 7) is 6.64. The highest BCUT2D eigenvalue weighted by molar-refractivity contribution is 5.51. The van der Waals surface area contributed by atoms with Gasteiger partial charge in [-0.25, -0.2) is 4.39 Å². The first kappa shape index (κ1) is 12.4. The second kappa shape index (κ2) is 5.07. The van der Waals surface area contributed by atoms with Crippen molar-refractivity contribution in [3.63, 3.8) is 0 Å². The van der Waals surface area contributed by atoms with Crippen LogP contribution in [0.25, 0.3) is 0 Å². The maximum Gasteiger partial charge on any atom is 0.125 e. The first-order valence-electron chi connectivity index (χ1n) is 6.57. The van der Waals surface area contributed by atoms with E-state index in [1.165, 1.54) is 25.3 Å². The summed E-state index contributed by atoms with van der Waals surface area (Å²) in [5.74, 6) is 1.38. The lowest BCUT2D eigenvalue weighted by Crippen LogP contribution is -2.30. The van der Waals surface area contributed by atoms with Gasteiger partial charge in [-0.1, -0.05) is 19.9 Å². The number of rotatable bonds is 2. The number of hydrogen-bond acceptors (Lipinski definition) is 1. The van der Waals surface area contributed by atoms with Gasteiger partial charge >= 0.3 is 0 Å². The quantitative estimate of drug-likeness (QED) is 0.802. The smallest absolute Gasteiger partial charge is 0.125 e. The SMILES string of the molecule is Cc1ccc(F)cc1NC1CC(C)CC(C)C1. The molecule has 1 N–H and O–H groups in total. The molecule has 1 aromatic rings. The lowest BCUT2D eigenvalue weighted by atomic mass is 9.80. The Morgan fingerprint density at radius 1 is 1.12 bits per heavy atom. The van der Waals surface area contributed by atoms with Gasteiger partial charge < -0.3 is 5.32 Å². The van der Waals surface area contributed by atoms with Gasteiger partial charge in [0.05, 0.1) is 0 Å². The second-order valence-corrected chi connectivity index (χ2v) is 5.72. The highest BCUT2D eigenvalue weighted by atomic mass is 19.1. The fourth-order valence-electron chi connectivity index (χ4n) is 3.03. The molecular formula is C15H22FN. The zero-order valence-electron chi connectivity index (χ0n) is 11.0. The average Bonchev–Trinajstić information content (AvgIpc) is 2.22. The topological polar surface area (TPSA) is 12.0 Å². The molecule has 2 rings (SSSR count). The molecule has 1 nitrogen and oxygen atoms in total. The van der Waals surface area contributed by atoms with E-state index < -0.39 is 0 Å². The van der Waals surface area contributed by atoms with E-state index in [1.807, 2.05) is 13.0 Å². The van der Waals surface area contributed by atoms with Crippen molar-refractivity contribution in [2.24, 2.45) is 11.8 Å². The van der Waals surface area contributed by atoms with E-state index in [1.54, 1.807) is 6.07 Å². The summed E-state index contributed by atoms with van der Waals surface area (Å²) < 4.78 is 13.2. The van der Waals surface area contributed by atoms with Crippen LogP contribution in [0.1, 0.15) is 38.7 Å². The lowest BCUT2D eigenvalue weighted by Gasteiger charge is -2.33. The molecule has 0 heterocycles. The van der Waals surface area contributed by atoms with Crippen molar-refractivity contribution >= 4 is 5.69 Å². The van der Waals surface area contributed by atoms with E-state index in [4.69, 9.17) is 0 Å². The van der Waals surface area contributed by atoms with Crippen LogP contribution in [0.4, 0.5) is 10.1 Å². The standard InChI is InChI=1S/C15H22FN/c1-10-6-11(2)8-14(7-10)17-15-9-13(16)5-4-12(15)3/h4-5,9-11,14,17H,6-8H2,1-3H3. The molecular weight excluding hydrogens is 213 g/mol. The number of hydrogen-bond donors (Lipinski definition) is 1. The monoisotopic (exact) mass is 235 g/mol. The van der Waals surface area contributed by atoms with E-state index in [2.05, 4.69) is 19.2 Å². The number of benzene rings is 1. The van der Waals surface area contributed by atoms with Crippen LogP contribution in [0.2, 0.25) is 0 Å². The van der Waals surface area contributed by atoms with Crippen molar-refractivity contribution in [3.8, 4) is 0 Å². The highest BCUT2D eigenvalue weighted by Crippen LogP contribution is 2.31. The molecule has 1 aliphatic rings. The fourth-order valence-corrected chi connectivity index (χ4v) is 3.03. The molecule has 1 aliphatic carbocycles. The van der Waals surface area contributed by atoms with Crippen LogP contribution in [0, 0.1) is 24.6 Å². The summed E-state index contributed by atoms with van der Waals surface area (Å²) in [6, 6.07) is 5.47. The highest BCUT2D eigenvalue weighted by Gasteiger charge is 2.23. The van der Waals surface area contributed by atoms with Crippen LogP contribution in [0.5, 0.6) is 0 Å². The van der Waals surface area contributed by atoms with Gasteiger partial charge in [0.2, 0.25) is 0 Å². The summed E-state index contributed by atoms with van der Waals surface area (Å²) in [6.07, 6.45) is 3.71. The first-order chi connectivity index (χ1) is 8.04. The average molecular weight is 235 g/mol. The van der Waals surface area contributed by atoms with Crippen molar-refractivity contribution in [1.82, 2.24) is 0 Å². The maximum absolute atomic E-state index is 13.2. The van der Waals surface area contributed by atoms with E-state index in [0.29, 0.717) is 6.04 Å². The van der Waals surface area contributed by atoms with Crippen LogP contribution in [-0.4, -0.2) is 6.04 Å². The number of aryl methyl sites for hydroxylation is 1. The van der Waals surface area contributed by atoms with Crippen LogP contribution < -0.4 is 5.32 Å². The Kier molecular flexibility index (Phi) is 3.70. The Morgan fingerprint density at radius 3 is 2.41 bits per heavy atom. The minimum absolute atomic E-state index is 0.157. The minimum atomic E-state index is -0.157. The van der Waals surface area contributed by atoms with Crippen molar-refractivity contribution in [2.45, 2.75) is 46.1 Å². The summed E-state index contributed by atoms with van der Waals surface area (Å²) in [5, 5.41) is 3.51. The van der Waals surface area contributed by atoms with Crippen molar-refractivity contribution in [2.75, 3.05) is 5.32 Å². The number of anilines is 1. The summed E-state index contributed by atoms with van der Waals surface area (Å²) in [4.78, 5) is 0. The van der Waals surface area contributed by atoms with Crippen LogP contribution in [-0.2, 0) is 0 Å². The van der Waals surface area contributed by atoms with Gasteiger partial charge in [0.15, 0.2) is 0 Å². The Hall–Kier alpha value is -1.05. The molecule has 0 amide bonds. The predicted octanol–water partition coefficient (Wildman–Crippen LogP) is 4.37. The molecule has 2 atom stereocenters. The third kappa shape index (κ3) is 3.21. The van der Waals surface area contributed by atoms with Crippen LogP contribution in [0.15, 0.2) is 18.2 Å². The zero-order chi connectivity index (χ0) is 12.4. The van der Waals surface area contributed by atoms with Gasteiger partial charge in [0.1, 0.15) is 5.82 Å². The summed E-state index contributed by atoms with van der Waals surface area (Å²) >= 11 is 0. The molecule has 94 valence electrons. The Bertz CT molecular complexity index is 379. The maximum atomic E-state index is 13.2. The molecule has 1 fully saturated rings. The second-order valence-electron chi connectivity index (χ2n) is 5.72. The van der Waals surface area contributed by atoms with Gasteiger partial charge in [0.25, 0.3) is 0 Å². The third-order valence-electron chi connectivity index (χ3n) is 3.74. The van der Waals surface area contributed by atoms with Crippen molar-refractivity contribution in [3.05, 3.63) is 29.6 Å². The molecule has 2 unspecified atom stereocenters. The molecule has 1 saturated carbocycles. The lowest BCUT2D eigenvalue weighted by molar-refractivity contribution is 0.281. The molecule has 0 aromatic heterocycles. The molecule has 1 aromatic carbocycles. The summed E-state index contributed by atoms with van der Waals surface area (Å²) in [5.41, 5.74) is 2.08. The largest absolute Gasteiger partial charge is 0.382 e. The number of nitrogens with one attached hydrogen (secondary N) is 1. The van der Waals surface area contributed by atoms with Crippen LogP contribution >= 0.6 is 0 Å². The Balaban J connectivity index is 2.07. The molecule has 0 aliphatic heterocycles. The minimum Gasteiger partial charge on any atom is -0.382 e. The number of halogens is 1. The molecule has 0 bridgehead atoms. The van der Waals surface area contributed by atoms with Gasteiger partial charge in [0, 0.05) is 11.7 Å². The summed E-state index contributed by atoms with van der Waals surface area (Å²) in [7, 11) is 0. The Labute approximate surface area is 103 Å². The van der Waals surface area contributed by atoms with E-state index in [0.717, 1.165) is 23.1 Å². The molecule has 0 saturated heterocycles. The molecule has 17 heavy (non-hydrogen) atoms. The van der Waals surface area contributed by atoms with E-state index in [-0.39, 0.29) is 5.82 Å². The van der Waals surface area contributed by atoms with Gasteiger partial charge in [-0.3, -0.25) is 0 Å².